The molecular weight excluding hydrogens is 1120 g/mol. The average molecular weight is 1210 g/mol. The lowest BCUT2D eigenvalue weighted by atomic mass is 9.94. The molecule has 17 atom stereocenters. The normalized spacial score (nSPS) is 23.6. The van der Waals surface area contributed by atoms with Gasteiger partial charge in [0, 0.05) is 6.42 Å². The minimum atomic E-state index is -1.81. The van der Waals surface area contributed by atoms with Crippen LogP contribution in [0.25, 0.3) is 0 Å². The Labute approximate surface area is 503 Å². The molecule has 28 heteroatoms. The van der Waals surface area contributed by atoms with Crippen LogP contribution >= 0.6 is 0 Å². The summed E-state index contributed by atoms with van der Waals surface area (Å²) in [4.78, 5) is 165. The van der Waals surface area contributed by atoms with Gasteiger partial charge in [-0.2, -0.15) is 0 Å². The maximum Gasteiger partial charge on any atom is 0.329 e. The molecule has 1 aromatic rings. The average Bonchev–Trinajstić information content (AvgIpc) is 1.64. The molecule has 482 valence electrons. The monoisotopic (exact) mass is 1210 g/mol. The first-order valence-corrected chi connectivity index (χ1v) is 29.8. The van der Waals surface area contributed by atoms with Gasteiger partial charge in [-0.1, -0.05) is 111 Å². The number of carbonyl (C=O) groups is 12. The second-order valence-electron chi connectivity index (χ2n) is 22.8. The van der Waals surface area contributed by atoms with Crippen LogP contribution in [0.5, 0.6) is 0 Å². The van der Waals surface area contributed by atoms with E-state index in [1.807, 2.05) is 30.3 Å². The van der Waals surface area contributed by atoms with Crippen molar-refractivity contribution in [1.82, 2.24) is 58.5 Å². The van der Waals surface area contributed by atoms with Gasteiger partial charge in [0.15, 0.2) is 0 Å². The summed E-state index contributed by atoms with van der Waals surface area (Å²) < 4.78 is 5.73. The Morgan fingerprint density at radius 3 is 1.60 bits per heavy atom. The molecule has 1 aliphatic heterocycles. The van der Waals surface area contributed by atoms with E-state index < -0.39 is 193 Å². The number of hydrogen-bond acceptors (Lipinski definition) is 17. The van der Waals surface area contributed by atoms with E-state index in [1.165, 1.54) is 13.8 Å². The van der Waals surface area contributed by atoms with Crippen LogP contribution in [0.2, 0.25) is 0 Å². The first-order chi connectivity index (χ1) is 40.6. The Balaban J connectivity index is 1.85. The van der Waals surface area contributed by atoms with Gasteiger partial charge < -0.3 is 84.9 Å². The number of aliphatic hydroxyl groups excluding tert-OH is 2. The molecule has 0 aromatic heterocycles. The number of rotatable bonds is 32. The van der Waals surface area contributed by atoms with Crippen LogP contribution < -0.4 is 70.0 Å². The molecule has 2 aliphatic rings. The smallest absolute Gasteiger partial charge is 0.329 e. The number of cyclic esters (lactones) is 1. The number of ether oxygens (including phenoxy) is 1. The molecule has 28 nitrogen and oxygen atoms in total. The molecule has 1 saturated heterocycles. The zero-order chi connectivity index (χ0) is 64.7. The summed E-state index contributed by atoms with van der Waals surface area (Å²) in [6.45, 7) is 14.4. The molecule has 0 radical (unpaired) electrons. The fourth-order valence-electron chi connectivity index (χ4n) is 9.75. The Hall–Kier alpha value is -7.30. The molecule has 2 fully saturated rings. The van der Waals surface area contributed by atoms with Gasteiger partial charge in [-0.15, -0.1) is 0 Å². The van der Waals surface area contributed by atoms with Crippen molar-refractivity contribution >= 4 is 70.9 Å². The fraction of sp³-hybridized carbons (Fsp3) is 0.690. The van der Waals surface area contributed by atoms with Crippen LogP contribution in [0.1, 0.15) is 126 Å². The Morgan fingerprint density at radius 2 is 1.13 bits per heavy atom. The van der Waals surface area contributed by atoms with Gasteiger partial charge in [0.05, 0.1) is 19.3 Å². The van der Waals surface area contributed by atoms with Crippen molar-refractivity contribution in [3.63, 3.8) is 0 Å². The third kappa shape index (κ3) is 20.4. The molecule has 3 rings (SSSR count). The third-order valence-corrected chi connectivity index (χ3v) is 16.5. The predicted octanol–water partition coefficient (Wildman–Crippen LogP) is -3.20. The molecule has 86 heavy (non-hydrogen) atoms. The van der Waals surface area contributed by atoms with Crippen LogP contribution in [0.15, 0.2) is 30.3 Å². The van der Waals surface area contributed by atoms with Gasteiger partial charge in [0.2, 0.25) is 65.0 Å². The topological polar surface area (TPSA) is 439 Å². The number of primary amides is 1. The summed E-state index contributed by atoms with van der Waals surface area (Å²) in [7, 11) is 1.60. The third-order valence-electron chi connectivity index (χ3n) is 16.5. The van der Waals surface area contributed by atoms with Crippen molar-refractivity contribution in [2.75, 3.05) is 26.8 Å². The van der Waals surface area contributed by atoms with Crippen molar-refractivity contribution < 1.29 is 72.5 Å². The van der Waals surface area contributed by atoms with Gasteiger partial charge in [-0.25, -0.2) is 4.79 Å². The van der Waals surface area contributed by atoms with E-state index in [4.69, 9.17) is 16.2 Å². The van der Waals surface area contributed by atoms with Gasteiger partial charge in [-0.3, -0.25) is 52.7 Å². The standard InChI is InChI=1S/C58H95N13O15/c1-12-29(5)42(67-49(77)38(61-11)25-35-19-17-16-18-20-35)52(80)64-39(27-72)50(78)63-37(21-22-41(60)74)48(76)66-44(31(7)14-3)54(82)68-43(30(6)13-2)53(81)65-40(28-73)51(79)69-46-34(10)86-56(84)45(32(8)15-4)70-57(85)58(26-36(58)23-24-59)71-47(75)33(9)62-55(46)83/h16-20,29-34,36-40,42-46,61,72-73H,12-15,21-28,59H2,1-11H3,(H2,60,74)(H,62,83)(H,63,78)(H,64,80)(H,65,81)(H,66,76)(H,67,77)(H,68,82)(H,69,79)(H,70,85)(H,71,75)/t29-,30-,31-,32-,33-,34-,36+,37+,38+,39-,40-,42-,43-,44+,45-,46+,58+/m0/s1. The van der Waals surface area contributed by atoms with Crippen LogP contribution in [0.3, 0.4) is 0 Å². The second-order valence-corrected chi connectivity index (χ2v) is 22.8. The molecule has 1 heterocycles. The maximum absolute atomic E-state index is 14.4. The molecule has 0 bridgehead atoms. The zero-order valence-corrected chi connectivity index (χ0v) is 51.5. The largest absolute Gasteiger partial charge is 0.458 e. The van der Waals surface area contributed by atoms with Gasteiger partial charge >= 0.3 is 5.97 Å². The summed E-state index contributed by atoms with van der Waals surface area (Å²) >= 11 is 0. The lowest BCUT2D eigenvalue weighted by Gasteiger charge is -2.31. The van der Waals surface area contributed by atoms with Crippen molar-refractivity contribution in [2.24, 2.45) is 41.1 Å². The van der Waals surface area contributed by atoms with Crippen LogP contribution in [0.4, 0.5) is 0 Å². The highest BCUT2D eigenvalue weighted by atomic mass is 16.5. The lowest BCUT2D eigenvalue weighted by Crippen LogP contribution is -2.63. The molecule has 1 saturated carbocycles. The van der Waals surface area contributed by atoms with E-state index in [0.29, 0.717) is 25.7 Å². The van der Waals surface area contributed by atoms with E-state index in [-0.39, 0.29) is 31.7 Å². The van der Waals surface area contributed by atoms with E-state index in [9.17, 15) is 67.7 Å². The zero-order valence-electron chi connectivity index (χ0n) is 51.5. The first kappa shape index (κ1) is 73.0. The number of esters is 1. The molecule has 1 aromatic carbocycles. The highest BCUT2D eigenvalue weighted by Crippen LogP contribution is 2.46. The molecule has 1 aliphatic carbocycles. The number of hydrogen-bond donors (Lipinski definition) is 15. The highest BCUT2D eigenvalue weighted by Gasteiger charge is 2.61. The van der Waals surface area contributed by atoms with Crippen molar-refractivity contribution in [3.05, 3.63) is 35.9 Å². The Bertz CT molecular complexity index is 2530. The predicted molar refractivity (Wildman–Crippen MR) is 315 cm³/mol. The van der Waals surface area contributed by atoms with Crippen molar-refractivity contribution in [3.8, 4) is 0 Å². The number of carbonyl (C=O) groups excluding carboxylic acids is 12. The molecule has 11 amide bonds. The first-order valence-electron chi connectivity index (χ1n) is 29.8. The van der Waals surface area contributed by atoms with E-state index in [0.717, 1.165) is 5.56 Å². The summed E-state index contributed by atoms with van der Waals surface area (Å²) in [5, 5.41) is 49.6. The fourth-order valence-corrected chi connectivity index (χ4v) is 9.75. The van der Waals surface area contributed by atoms with Gasteiger partial charge in [0.1, 0.15) is 66.0 Å². The van der Waals surface area contributed by atoms with E-state index in [2.05, 4.69) is 58.5 Å². The van der Waals surface area contributed by atoms with Crippen molar-refractivity contribution in [2.45, 2.75) is 199 Å². The summed E-state index contributed by atoms with van der Waals surface area (Å²) in [5.74, 6) is -13.2. The minimum Gasteiger partial charge on any atom is -0.458 e. The SMILES string of the molecule is CC[C@H](C)[C@H](NC(=O)[C@@H](Cc1ccccc1)NC)C(=O)N[C@@H](CO)C(=O)N[C@H](CCC(N)=O)C(=O)N[C@@H](C(=O)N[C@H](C(=O)N[C@@H](CO)C(=O)N[C@H]1C(=O)N[C@@H](C)C(=O)N[C@@]2(C[C@H]2CCN)C(=O)N[C@@H]([C@@H](C)CC)C(=O)O[C@H]1C)[C@@H](C)CC)[C@@H](C)CC. The van der Waals surface area contributed by atoms with Gasteiger partial charge in [0.25, 0.3) is 0 Å². The van der Waals surface area contributed by atoms with Crippen LogP contribution in [-0.2, 0) is 68.7 Å². The van der Waals surface area contributed by atoms with E-state index >= 15 is 0 Å². The Morgan fingerprint density at radius 1 is 0.651 bits per heavy atom. The summed E-state index contributed by atoms with van der Waals surface area (Å²) in [5.41, 5.74) is 10.7. The summed E-state index contributed by atoms with van der Waals surface area (Å²) in [6.07, 6.45) is -0.0596. The Kier molecular flexibility index (Phi) is 29.5. The molecule has 1 spiro atoms. The highest BCUT2D eigenvalue weighted by molar-refractivity contribution is 6.01. The van der Waals surface area contributed by atoms with Crippen LogP contribution in [0, 0.1) is 29.6 Å². The number of nitrogens with one attached hydrogen (secondary N) is 11. The van der Waals surface area contributed by atoms with Crippen LogP contribution in [-0.4, -0.2) is 180 Å². The van der Waals surface area contributed by atoms with Gasteiger partial charge in [-0.05, 0) is 88.3 Å². The number of benzene rings is 1. The molecule has 17 N–H and O–H groups in total. The molecular formula is C58H95N13O15. The van der Waals surface area contributed by atoms with E-state index in [1.54, 1.807) is 62.4 Å². The van der Waals surface area contributed by atoms with Crippen molar-refractivity contribution in [1.29, 1.82) is 0 Å². The maximum atomic E-state index is 14.4. The second kappa shape index (κ2) is 34.7. The number of aliphatic hydroxyl groups is 2. The molecule has 0 unspecified atom stereocenters. The number of amides is 11. The number of likely N-dealkylation sites (N-methyl/N-ethyl adjacent to an activating group) is 1. The lowest BCUT2D eigenvalue weighted by molar-refractivity contribution is -0.157. The minimum absolute atomic E-state index is 0.213. The summed E-state index contributed by atoms with van der Waals surface area (Å²) in [6, 6.07) is -4.98. The quantitative estimate of drug-likeness (QED) is 0.0316. The number of nitrogens with two attached hydrogens (primary N) is 2.